The van der Waals surface area contributed by atoms with Crippen molar-refractivity contribution in [2.24, 2.45) is 11.8 Å². The average Bonchev–Trinajstić information content (AvgIpc) is 4.00. The molecule has 444 valence electrons. The van der Waals surface area contributed by atoms with Crippen LogP contribution in [0.15, 0.2) is 24.3 Å². The van der Waals surface area contributed by atoms with Crippen LogP contribution in [0.3, 0.4) is 0 Å². The van der Waals surface area contributed by atoms with Gasteiger partial charge in [-0.05, 0) is 37.0 Å². The van der Waals surface area contributed by atoms with Gasteiger partial charge in [-0.15, -0.1) is 11.8 Å². The quantitative estimate of drug-likeness (QED) is 0.0469. The van der Waals surface area contributed by atoms with Gasteiger partial charge in [0.05, 0.1) is 43.9 Å². The van der Waals surface area contributed by atoms with Crippen molar-refractivity contribution in [2.75, 3.05) is 32.6 Å². The number of fused-ring (bicyclic) bond motifs is 2. The summed E-state index contributed by atoms with van der Waals surface area (Å²) in [5.74, 6) is -9.77. The van der Waals surface area contributed by atoms with Crippen LogP contribution >= 0.6 is 11.8 Å². The van der Waals surface area contributed by atoms with Crippen molar-refractivity contribution in [1.29, 1.82) is 0 Å². The number of esters is 1. The molecule has 5 unspecified atom stereocenters. The van der Waals surface area contributed by atoms with Gasteiger partial charge < -0.3 is 82.0 Å². The summed E-state index contributed by atoms with van der Waals surface area (Å²) in [5.41, 5.74) is -0.0980. The number of carbonyl (C=O) groups is 9. The number of carbonyl (C=O) groups excluding carboxylic acids is 9. The molecule has 3 aliphatic rings. The van der Waals surface area contributed by atoms with E-state index in [9.17, 15) is 84.0 Å². The number of hydrogen-bond acceptors (Lipinski definition) is 19. The van der Waals surface area contributed by atoms with Gasteiger partial charge in [-0.1, -0.05) is 90.7 Å². The summed E-state index contributed by atoms with van der Waals surface area (Å²) in [5, 5.41) is 100. The number of benzene rings is 1. The number of imide groups is 1. The lowest BCUT2D eigenvalue weighted by atomic mass is 9.97. The second kappa shape index (κ2) is 31.9. The zero-order chi connectivity index (χ0) is 58.7. The molecular formula is C52H82N8O18S. The number of aliphatic hydroxyl groups is 7. The first-order valence-electron chi connectivity index (χ1n) is 27.0. The van der Waals surface area contributed by atoms with Gasteiger partial charge in [-0.2, -0.15) is 0 Å². The highest BCUT2D eigenvalue weighted by molar-refractivity contribution is 8.00. The summed E-state index contributed by atoms with van der Waals surface area (Å²) < 4.78 is 4.76. The number of ether oxygens (including phenoxy) is 1. The number of aromatic hydroxyl groups is 1. The lowest BCUT2D eigenvalue weighted by Crippen LogP contribution is -2.63. The molecule has 79 heavy (non-hydrogen) atoms. The first kappa shape index (κ1) is 65.8. The first-order chi connectivity index (χ1) is 37.4. The van der Waals surface area contributed by atoms with Crippen LogP contribution in [0.25, 0.3) is 0 Å². The Labute approximate surface area is 463 Å². The van der Waals surface area contributed by atoms with Crippen LogP contribution in [0.4, 0.5) is 4.79 Å². The number of nitrogens with one attached hydrogen (secondary N) is 6. The van der Waals surface area contributed by atoms with Crippen LogP contribution in [0.5, 0.6) is 5.75 Å². The molecule has 9 amide bonds. The highest BCUT2D eigenvalue weighted by atomic mass is 32.2. The second-order valence-electron chi connectivity index (χ2n) is 20.9. The van der Waals surface area contributed by atoms with E-state index in [0.29, 0.717) is 30.5 Å². The van der Waals surface area contributed by atoms with E-state index in [4.69, 9.17) is 4.74 Å². The molecule has 1 aromatic carbocycles. The molecule has 0 bridgehead atoms. The van der Waals surface area contributed by atoms with Gasteiger partial charge in [-0.3, -0.25) is 43.7 Å². The molecule has 14 N–H and O–H groups in total. The number of rotatable bonds is 21. The van der Waals surface area contributed by atoms with Crippen molar-refractivity contribution < 1.29 is 88.7 Å². The predicted molar refractivity (Wildman–Crippen MR) is 284 cm³/mol. The lowest BCUT2D eigenvalue weighted by Gasteiger charge is -2.33. The first-order valence-corrected chi connectivity index (χ1v) is 28.1. The van der Waals surface area contributed by atoms with E-state index in [-0.39, 0.29) is 24.3 Å². The number of aliphatic hydroxyl groups excluding tert-OH is 7. The molecule has 0 spiro atoms. The number of amides is 9. The van der Waals surface area contributed by atoms with Gasteiger partial charge in [0.1, 0.15) is 59.6 Å². The van der Waals surface area contributed by atoms with Crippen LogP contribution in [-0.4, -0.2) is 209 Å². The monoisotopic (exact) mass is 1140 g/mol. The Hall–Kier alpha value is -5.68. The normalized spacial score (nSPS) is 28.5. The van der Waals surface area contributed by atoms with Crippen molar-refractivity contribution in [3.63, 3.8) is 0 Å². The minimum Gasteiger partial charge on any atom is -0.508 e. The van der Waals surface area contributed by atoms with Crippen molar-refractivity contribution >= 4 is 65.1 Å². The number of methoxy groups -OCH3 is 1. The van der Waals surface area contributed by atoms with E-state index >= 15 is 0 Å². The number of phenolic OH excluding ortho intramolecular Hbond substituents is 1. The number of thioether (sulfide) groups is 1. The van der Waals surface area contributed by atoms with E-state index < -0.39 is 169 Å². The van der Waals surface area contributed by atoms with E-state index in [1.54, 1.807) is 0 Å². The third-order valence-corrected chi connectivity index (χ3v) is 15.8. The molecule has 27 heteroatoms. The minimum atomic E-state index is -2.32. The molecule has 15 atom stereocenters. The SMILES string of the molecule is CCC(C)CCCCCCCCCCC(=O)N[C@H]1C[C@@H](O)[C@@H](SCC(=O)OC)NC(=O)C2[C@@H](O)[C@@H](C)CN2C(=O)C(CO)NC(=O)C([C@H](O)C(O)c2ccc(O)cc2)NC(=O)NC(=O)[C@@H]2C[C@@H](O)CN2C(=O)[C@H]([C@@H](C)O)NC1=O. The maximum absolute atomic E-state index is 14.4. The molecule has 0 aliphatic carbocycles. The highest BCUT2D eigenvalue weighted by Crippen LogP contribution is 2.28. The molecule has 3 aliphatic heterocycles. The molecule has 3 fully saturated rings. The molecule has 0 saturated carbocycles. The average molecular weight is 1140 g/mol. The summed E-state index contributed by atoms with van der Waals surface area (Å²) in [6.07, 6.45) is -2.65. The van der Waals surface area contributed by atoms with Crippen molar-refractivity contribution in [1.82, 2.24) is 41.7 Å². The Bertz CT molecular complexity index is 2230. The third-order valence-electron chi connectivity index (χ3n) is 14.6. The molecule has 0 aromatic heterocycles. The van der Waals surface area contributed by atoms with E-state index in [2.05, 4.69) is 35.1 Å². The molecule has 0 radical (unpaired) electrons. The van der Waals surface area contributed by atoms with Gasteiger partial charge in [0, 0.05) is 38.3 Å². The lowest BCUT2D eigenvalue weighted by molar-refractivity contribution is -0.145. The molecule has 26 nitrogen and oxygen atoms in total. The van der Waals surface area contributed by atoms with Crippen LogP contribution < -0.4 is 31.9 Å². The number of phenols is 1. The van der Waals surface area contributed by atoms with Crippen LogP contribution in [0.2, 0.25) is 0 Å². The second-order valence-corrected chi connectivity index (χ2v) is 22.0. The number of urea groups is 1. The summed E-state index contributed by atoms with van der Waals surface area (Å²) in [7, 11) is 1.07. The smallest absolute Gasteiger partial charge is 0.322 e. The fourth-order valence-electron chi connectivity index (χ4n) is 9.65. The van der Waals surface area contributed by atoms with E-state index in [1.807, 2.05) is 10.6 Å². The Morgan fingerprint density at radius 2 is 1.41 bits per heavy atom. The summed E-state index contributed by atoms with van der Waals surface area (Å²) >= 11 is 0.606. The zero-order valence-corrected chi connectivity index (χ0v) is 46.3. The fourth-order valence-corrected chi connectivity index (χ4v) is 10.6. The summed E-state index contributed by atoms with van der Waals surface area (Å²) in [4.78, 5) is 127. The largest absolute Gasteiger partial charge is 0.508 e. The fraction of sp³-hybridized carbons (Fsp3) is 0.712. The van der Waals surface area contributed by atoms with E-state index in [1.165, 1.54) is 31.9 Å². The van der Waals surface area contributed by atoms with Crippen LogP contribution in [0, 0.1) is 11.8 Å². The van der Waals surface area contributed by atoms with E-state index in [0.717, 1.165) is 74.5 Å². The van der Waals surface area contributed by atoms with Gasteiger partial charge in [0.25, 0.3) is 5.91 Å². The zero-order valence-electron chi connectivity index (χ0n) is 45.5. The van der Waals surface area contributed by atoms with Crippen LogP contribution in [-0.2, 0) is 43.1 Å². The van der Waals surface area contributed by atoms with Gasteiger partial charge >= 0.3 is 12.0 Å². The molecule has 4 rings (SSSR count). The number of unbranched alkanes of at least 4 members (excludes halogenated alkanes) is 7. The maximum Gasteiger partial charge on any atom is 0.322 e. The molecule has 3 heterocycles. The molecular weight excluding hydrogens is 1060 g/mol. The Morgan fingerprint density at radius 1 is 0.772 bits per heavy atom. The van der Waals surface area contributed by atoms with Gasteiger partial charge in [-0.25, -0.2) is 4.79 Å². The topological polar surface area (TPSA) is 403 Å². The predicted octanol–water partition coefficient (Wildman–Crippen LogP) is -1.96. The highest BCUT2D eigenvalue weighted by Gasteiger charge is 2.49. The molecule has 1 aromatic rings. The Balaban J connectivity index is 1.73. The van der Waals surface area contributed by atoms with Crippen molar-refractivity contribution in [3.05, 3.63) is 29.8 Å². The van der Waals surface area contributed by atoms with Crippen molar-refractivity contribution in [2.45, 2.75) is 189 Å². The minimum absolute atomic E-state index is 0.0730. The third kappa shape index (κ3) is 19.2. The number of nitrogens with zero attached hydrogens (tertiary/aromatic N) is 2. The van der Waals surface area contributed by atoms with Gasteiger partial charge in [0.2, 0.25) is 35.4 Å². The summed E-state index contributed by atoms with van der Waals surface area (Å²) in [6.45, 7) is 4.87. The van der Waals surface area contributed by atoms with Crippen molar-refractivity contribution in [3.8, 4) is 5.75 Å². The Morgan fingerprint density at radius 3 is 2.01 bits per heavy atom. The standard InChI is InChI=1S/C52H82N8O18S/c1-6-27(2)15-13-11-9-7-8-10-12-14-16-37(66)53-33-22-36(65)49(79-26-38(67)78-5)57-48(74)41-42(68)28(3)23-60(41)50(75)34(25-61)54-47(73)40(44(70)43(69)30-17-19-31(63)20-18-30)56-52(77)58-46(72)35-21-32(64)24-59(35)51(76)39(29(4)62)55-45(33)71/h17-20,27-29,32-36,39-44,49,61-65,68-70H,6-16,21-26H2,1-5H3,(H,53,66)(H,54,73)(H,55,71)(H,57,74)(H2,56,58,72,77)/t27?,28-,29+,32+,33-,34?,35-,36+,39-,40?,41?,42-,43?,44-,49+/m0/s1. The number of hydrogen-bond donors (Lipinski definition) is 14. The maximum atomic E-state index is 14.4. The summed E-state index contributed by atoms with van der Waals surface area (Å²) in [6, 6.07) is -8.39. The molecule has 3 saturated heterocycles. The van der Waals surface area contributed by atoms with Crippen LogP contribution in [0.1, 0.15) is 123 Å². The van der Waals surface area contributed by atoms with Gasteiger partial charge in [0.15, 0.2) is 0 Å². The Kier molecular flexibility index (Phi) is 26.6.